The van der Waals surface area contributed by atoms with Crippen LogP contribution in [0.4, 0.5) is 19.0 Å². The van der Waals surface area contributed by atoms with Crippen LogP contribution in [-0.2, 0) is 9.53 Å². The second kappa shape index (κ2) is 8.41. The smallest absolute Gasteiger partial charge is 0.398 e. The molecule has 1 aliphatic carbocycles. The zero-order valence-corrected chi connectivity index (χ0v) is 16.8. The minimum absolute atomic E-state index is 0.0139. The topological polar surface area (TPSA) is 146 Å². The van der Waals surface area contributed by atoms with Gasteiger partial charge in [-0.05, 0) is 25.7 Å². The molecular weight excluding hydrogens is 443 g/mol. The highest BCUT2D eigenvalue weighted by atomic mass is 32.2. The number of aromatic nitrogens is 4. The van der Waals surface area contributed by atoms with Crippen molar-refractivity contribution in [2.45, 2.75) is 62.5 Å². The summed E-state index contributed by atoms with van der Waals surface area (Å²) in [7, 11) is 0. The summed E-state index contributed by atoms with van der Waals surface area (Å²) in [6.07, 6.45) is -5.93. The summed E-state index contributed by atoms with van der Waals surface area (Å²) < 4.78 is 49.6. The minimum Gasteiger partial charge on any atom is -0.460 e. The number of nitrogen functional groups attached to an aromatic ring is 1. The number of fused-ring (bicyclic) bond motifs is 1. The lowest BCUT2D eigenvalue weighted by molar-refractivity contribution is -0.127. The number of alkyl halides is 3. The van der Waals surface area contributed by atoms with Crippen LogP contribution in [0.3, 0.4) is 0 Å². The van der Waals surface area contributed by atoms with Gasteiger partial charge in [-0.15, -0.1) is 0 Å². The van der Waals surface area contributed by atoms with Gasteiger partial charge in [0.15, 0.2) is 29.3 Å². The molecule has 0 amide bonds. The Balaban J connectivity index is 1.57. The van der Waals surface area contributed by atoms with Gasteiger partial charge in [0.25, 0.3) is 0 Å². The number of aliphatic hydroxyl groups excluding tert-OH is 2. The van der Waals surface area contributed by atoms with Crippen molar-refractivity contribution in [2.75, 3.05) is 11.5 Å². The molecule has 2 aromatic rings. The predicted molar refractivity (Wildman–Crippen MR) is 102 cm³/mol. The number of hydrogen-bond acceptors (Lipinski definition) is 10. The van der Waals surface area contributed by atoms with Crippen LogP contribution < -0.4 is 10.5 Å². The molecule has 0 aromatic carbocycles. The Hall–Kier alpha value is -2.16. The van der Waals surface area contributed by atoms with E-state index in [1.54, 1.807) is 0 Å². The summed E-state index contributed by atoms with van der Waals surface area (Å²) >= 11 is -0.0386. The summed E-state index contributed by atoms with van der Waals surface area (Å²) in [6, 6.07) is 0.0139. The normalized spacial score (nSPS) is 27.3. The molecule has 0 radical (unpaired) electrons. The van der Waals surface area contributed by atoms with Gasteiger partial charge in [-0.3, -0.25) is 9.36 Å². The molecule has 0 bridgehead atoms. The first-order chi connectivity index (χ1) is 14.6. The van der Waals surface area contributed by atoms with Crippen LogP contribution in [0.5, 0.6) is 6.01 Å². The molecule has 4 rings (SSSR count). The maximum Gasteiger partial charge on any atom is 0.398 e. The van der Waals surface area contributed by atoms with Crippen molar-refractivity contribution < 1.29 is 37.7 Å². The fourth-order valence-electron chi connectivity index (χ4n) is 3.63. The number of nitrogens with zero attached hydrogens (tertiary/aromatic N) is 4. The summed E-state index contributed by atoms with van der Waals surface area (Å²) in [5, 5.41) is 19.5. The van der Waals surface area contributed by atoms with Crippen LogP contribution in [0.25, 0.3) is 11.2 Å². The number of carbonyl (C=O) groups excluding carboxylic acids is 1. The molecule has 0 unspecified atom stereocenters. The van der Waals surface area contributed by atoms with E-state index in [1.165, 1.54) is 10.9 Å². The zero-order chi connectivity index (χ0) is 22.3. The summed E-state index contributed by atoms with van der Waals surface area (Å²) in [6.45, 7) is 0. The molecule has 0 spiro atoms. The number of anilines is 1. The molecule has 14 heteroatoms. The van der Waals surface area contributed by atoms with Crippen molar-refractivity contribution in [2.24, 2.45) is 0 Å². The highest BCUT2D eigenvalue weighted by Crippen LogP contribution is 2.35. The first kappa shape index (κ1) is 22.0. The molecule has 170 valence electrons. The SMILES string of the molecule is Nc1nc(OC2CCCC2)nc2c1ncn2[C@@H]1O[C@H](C(=O)SCC(F)(F)F)[C@@H](O)[C@H]1O. The van der Waals surface area contributed by atoms with Crippen molar-refractivity contribution in [1.29, 1.82) is 0 Å². The minimum atomic E-state index is -4.56. The fraction of sp³-hybridized carbons (Fsp3) is 0.647. The predicted octanol–water partition coefficient (Wildman–Crippen LogP) is 1.17. The average Bonchev–Trinajstić information content (AvgIpc) is 3.41. The first-order valence-electron chi connectivity index (χ1n) is 9.56. The van der Waals surface area contributed by atoms with Crippen molar-refractivity contribution in [3.8, 4) is 6.01 Å². The van der Waals surface area contributed by atoms with Gasteiger partial charge in [0.1, 0.15) is 18.3 Å². The van der Waals surface area contributed by atoms with Crippen LogP contribution >= 0.6 is 11.8 Å². The van der Waals surface area contributed by atoms with E-state index in [0.29, 0.717) is 0 Å². The van der Waals surface area contributed by atoms with Crippen molar-refractivity contribution >= 4 is 33.9 Å². The van der Waals surface area contributed by atoms with Crippen molar-refractivity contribution in [1.82, 2.24) is 19.5 Å². The quantitative estimate of drug-likeness (QED) is 0.591. The number of thioether (sulfide) groups is 1. The number of aliphatic hydroxyl groups is 2. The molecule has 1 aliphatic heterocycles. The third kappa shape index (κ3) is 4.56. The summed E-state index contributed by atoms with van der Waals surface area (Å²) in [5.41, 5.74) is 6.26. The Morgan fingerprint density at radius 2 is 2.00 bits per heavy atom. The molecule has 4 N–H and O–H groups in total. The molecule has 3 heterocycles. The fourth-order valence-corrected chi connectivity index (χ4v) is 4.30. The molecule has 10 nitrogen and oxygen atoms in total. The Bertz CT molecular complexity index is 968. The van der Waals surface area contributed by atoms with E-state index in [4.69, 9.17) is 15.2 Å². The molecule has 4 atom stereocenters. The van der Waals surface area contributed by atoms with Crippen LogP contribution in [-0.4, -0.2) is 71.2 Å². The number of halogens is 3. The lowest BCUT2D eigenvalue weighted by Crippen LogP contribution is -2.35. The lowest BCUT2D eigenvalue weighted by Gasteiger charge is -2.17. The largest absolute Gasteiger partial charge is 0.460 e. The third-order valence-electron chi connectivity index (χ3n) is 5.12. The number of rotatable bonds is 5. The zero-order valence-electron chi connectivity index (χ0n) is 16.0. The van der Waals surface area contributed by atoms with E-state index in [0.717, 1.165) is 25.7 Å². The Labute approximate surface area is 177 Å². The average molecular weight is 463 g/mol. The molecule has 31 heavy (non-hydrogen) atoms. The van der Waals surface area contributed by atoms with Gasteiger partial charge in [0, 0.05) is 0 Å². The van der Waals surface area contributed by atoms with Gasteiger partial charge in [-0.2, -0.15) is 23.1 Å². The number of carbonyl (C=O) groups is 1. The Morgan fingerprint density at radius 1 is 1.29 bits per heavy atom. The van der Waals surface area contributed by atoms with Gasteiger partial charge in [-0.1, -0.05) is 11.8 Å². The van der Waals surface area contributed by atoms with E-state index in [-0.39, 0.29) is 40.9 Å². The van der Waals surface area contributed by atoms with Gasteiger partial charge in [0.2, 0.25) is 5.12 Å². The molecule has 2 aromatic heterocycles. The number of nitrogens with two attached hydrogens (primary N) is 1. The highest BCUT2D eigenvalue weighted by molar-refractivity contribution is 8.13. The monoisotopic (exact) mass is 463 g/mol. The summed E-state index contributed by atoms with van der Waals surface area (Å²) in [5.74, 6) is -1.41. The van der Waals surface area contributed by atoms with Gasteiger partial charge in [0.05, 0.1) is 12.1 Å². The maximum atomic E-state index is 12.4. The van der Waals surface area contributed by atoms with Crippen molar-refractivity contribution in [3.63, 3.8) is 0 Å². The van der Waals surface area contributed by atoms with Gasteiger partial charge >= 0.3 is 12.2 Å². The summed E-state index contributed by atoms with van der Waals surface area (Å²) in [4.78, 5) is 24.5. The molecule has 2 aliphatic rings. The van der Waals surface area contributed by atoms with E-state index in [9.17, 15) is 28.2 Å². The van der Waals surface area contributed by atoms with Crippen LogP contribution in [0.1, 0.15) is 31.9 Å². The van der Waals surface area contributed by atoms with E-state index in [1.807, 2.05) is 0 Å². The lowest BCUT2D eigenvalue weighted by atomic mass is 10.1. The maximum absolute atomic E-state index is 12.4. The molecule has 1 saturated heterocycles. The van der Waals surface area contributed by atoms with Crippen LogP contribution in [0.2, 0.25) is 0 Å². The Kier molecular flexibility index (Phi) is 5.98. The number of imidazole rings is 1. The Morgan fingerprint density at radius 3 is 2.68 bits per heavy atom. The molecule has 2 fully saturated rings. The van der Waals surface area contributed by atoms with Gasteiger partial charge in [-0.25, -0.2) is 4.98 Å². The van der Waals surface area contributed by atoms with Crippen LogP contribution in [0.15, 0.2) is 6.33 Å². The first-order valence-corrected chi connectivity index (χ1v) is 10.5. The molecular formula is C17H20F3N5O5S. The van der Waals surface area contributed by atoms with E-state index < -0.39 is 41.6 Å². The van der Waals surface area contributed by atoms with E-state index in [2.05, 4.69) is 15.0 Å². The van der Waals surface area contributed by atoms with Crippen LogP contribution in [0, 0.1) is 0 Å². The number of hydrogen-bond donors (Lipinski definition) is 3. The molecule has 1 saturated carbocycles. The highest BCUT2D eigenvalue weighted by Gasteiger charge is 2.48. The number of ether oxygens (including phenoxy) is 2. The second-order valence-electron chi connectivity index (χ2n) is 7.39. The second-order valence-corrected chi connectivity index (χ2v) is 8.37. The standard InChI is InChI=1S/C17H20F3N5O5S/c18-17(19,20)5-31-15(28)11-9(26)10(27)14(30-11)25-6-22-8-12(21)23-16(24-13(8)25)29-7-3-1-2-4-7/h6-7,9-11,14,26-27H,1-5H2,(H2,21,23,24)/t9-,10+,11-,14+/m0/s1. The van der Waals surface area contributed by atoms with Crippen molar-refractivity contribution in [3.05, 3.63) is 6.33 Å². The third-order valence-corrected chi connectivity index (χ3v) is 6.11. The van der Waals surface area contributed by atoms with E-state index >= 15 is 0 Å². The van der Waals surface area contributed by atoms with Gasteiger partial charge < -0.3 is 25.4 Å².